The van der Waals surface area contributed by atoms with Crippen molar-refractivity contribution in [1.29, 1.82) is 0 Å². The minimum absolute atomic E-state index is 0.0112. The standard InChI is InChI=1S/C38H36Cl6N2O6S2/c39-27-17-37(43,45-53(49,50)21-9-3-1-4-10-21)18-28(40)31(27)25-15-16-26(34-33(25)35(47)23-13-7-8-14-24(23)36(34)48)32-29(41)19-38(44,20-30(32)42)46-54(51,52)22-11-5-2-6-12-22/h7-8,13-17,19,21-22,45-46H,1-6,9-12,18,20H2. The topological polar surface area (TPSA) is 126 Å². The van der Waals surface area contributed by atoms with Gasteiger partial charge in [-0.3, -0.25) is 9.59 Å². The molecule has 2 saturated carbocycles. The van der Waals surface area contributed by atoms with E-state index in [2.05, 4.69) is 9.44 Å². The third-order valence-electron chi connectivity index (χ3n) is 10.8. The highest BCUT2D eigenvalue weighted by Crippen LogP contribution is 2.50. The largest absolute Gasteiger partial charge is 0.289 e. The molecule has 0 saturated heterocycles. The molecule has 5 aliphatic rings. The van der Waals surface area contributed by atoms with E-state index < -0.39 is 52.1 Å². The Morgan fingerprint density at radius 3 is 1.22 bits per heavy atom. The highest BCUT2D eigenvalue weighted by Gasteiger charge is 2.44. The van der Waals surface area contributed by atoms with Gasteiger partial charge in [0, 0.05) is 66.4 Å². The van der Waals surface area contributed by atoms with Gasteiger partial charge in [-0.15, -0.1) is 0 Å². The van der Waals surface area contributed by atoms with Crippen LogP contribution in [0, 0.1) is 0 Å². The lowest BCUT2D eigenvalue weighted by Crippen LogP contribution is -2.48. The number of hydrogen-bond donors (Lipinski definition) is 2. The van der Waals surface area contributed by atoms with Gasteiger partial charge in [0.15, 0.2) is 11.6 Å². The van der Waals surface area contributed by atoms with Crippen LogP contribution >= 0.6 is 69.6 Å². The van der Waals surface area contributed by atoms with Crippen LogP contribution in [0.25, 0.3) is 11.1 Å². The number of halogens is 6. The number of fused-ring (bicyclic) bond motifs is 2. The van der Waals surface area contributed by atoms with Crippen LogP contribution in [0.3, 0.4) is 0 Å². The summed E-state index contributed by atoms with van der Waals surface area (Å²) in [5, 5.41) is -1.09. The summed E-state index contributed by atoms with van der Waals surface area (Å²) >= 11 is 41.3. The average Bonchev–Trinajstić information content (AvgIpc) is 3.10. The molecule has 0 aliphatic heterocycles. The van der Waals surface area contributed by atoms with E-state index in [1.165, 1.54) is 12.2 Å². The number of sulfonamides is 2. The Kier molecular flexibility index (Phi) is 11.4. The highest BCUT2D eigenvalue weighted by atomic mass is 35.5. The van der Waals surface area contributed by atoms with Crippen molar-refractivity contribution in [3.8, 4) is 0 Å². The van der Waals surface area contributed by atoms with Crippen molar-refractivity contribution < 1.29 is 26.4 Å². The quantitative estimate of drug-likeness (QED) is 0.171. The van der Waals surface area contributed by atoms with Crippen molar-refractivity contribution >= 4 is 112 Å². The van der Waals surface area contributed by atoms with Crippen LogP contribution in [0.15, 0.2) is 68.7 Å². The normalized spacial score (nSPS) is 26.0. The number of hydrogen-bond acceptors (Lipinski definition) is 6. The van der Waals surface area contributed by atoms with E-state index in [0.717, 1.165) is 38.5 Å². The molecule has 16 heteroatoms. The Labute approximate surface area is 345 Å². The van der Waals surface area contributed by atoms with Gasteiger partial charge in [-0.05, 0) is 49.0 Å². The maximum atomic E-state index is 14.4. The first kappa shape index (κ1) is 40.5. The van der Waals surface area contributed by atoms with Gasteiger partial charge in [-0.25, -0.2) is 16.8 Å². The number of alkyl halides is 2. The fourth-order valence-corrected chi connectivity index (χ4v) is 14.8. The highest BCUT2D eigenvalue weighted by molar-refractivity contribution is 7.90. The number of nitrogens with one attached hydrogen (secondary N) is 2. The van der Waals surface area contributed by atoms with Crippen molar-refractivity contribution in [2.45, 2.75) is 97.5 Å². The van der Waals surface area contributed by atoms with Gasteiger partial charge in [-0.2, -0.15) is 9.44 Å². The maximum Gasteiger partial charge on any atom is 0.216 e. The van der Waals surface area contributed by atoms with Crippen molar-refractivity contribution in [2.75, 3.05) is 0 Å². The van der Waals surface area contributed by atoms with Crippen LogP contribution in [-0.2, 0) is 20.0 Å². The lowest BCUT2D eigenvalue weighted by atomic mass is 9.76. The molecule has 2 fully saturated rings. The molecule has 0 aromatic heterocycles. The number of carbonyl (C=O) groups is 2. The van der Waals surface area contributed by atoms with Gasteiger partial charge in [0.2, 0.25) is 20.0 Å². The molecule has 0 spiro atoms. The second-order valence-corrected chi connectivity index (χ2v) is 21.5. The Morgan fingerprint density at radius 2 is 0.889 bits per heavy atom. The van der Waals surface area contributed by atoms with E-state index in [0.29, 0.717) is 25.7 Å². The van der Waals surface area contributed by atoms with E-state index in [-0.39, 0.29) is 77.5 Å². The maximum absolute atomic E-state index is 14.4. The van der Waals surface area contributed by atoms with Gasteiger partial charge in [0.05, 0.1) is 10.5 Å². The molecule has 2 atom stereocenters. The number of benzene rings is 2. The van der Waals surface area contributed by atoms with E-state index in [1.54, 1.807) is 36.4 Å². The van der Waals surface area contributed by atoms with Crippen LogP contribution in [-0.4, -0.2) is 48.9 Å². The number of rotatable bonds is 8. The fourth-order valence-electron chi connectivity index (χ4n) is 8.25. The van der Waals surface area contributed by atoms with Gasteiger partial charge in [-0.1, -0.05) is 145 Å². The van der Waals surface area contributed by atoms with Gasteiger partial charge in [0.25, 0.3) is 0 Å². The summed E-state index contributed by atoms with van der Waals surface area (Å²) in [6.07, 6.45) is 9.55. The first-order valence-electron chi connectivity index (χ1n) is 17.8. The summed E-state index contributed by atoms with van der Waals surface area (Å²) in [5.74, 6) is -0.975. The zero-order valence-electron chi connectivity index (χ0n) is 28.8. The van der Waals surface area contributed by atoms with Gasteiger partial charge >= 0.3 is 0 Å². The van der Waals surface area contributed by atoms with Crippen LogP contribution in [0.2, 0.25) is 0 Å². The van der Waals surface area contributed by atoms with Crippen molar-refractivity contribution in [3.63, 3.8) is 0 Å². The van der Waals surface area contributed by atoms with E-state index >= 15 is 0 Å². The molecule has 54 heavy (non-hydrogen) atoms. The molecule has 0 heterocycles. The second kappa shape index (κ2) is 15.2. The minimum atomic E-state index is -3.84. The molecule has 0 radical (unpaired) electrons. The number of ketones is 2. The van der Waals surface area contributed by atoms with Gasteiger partial charge < -0.3 is 0 Å². The molecule has 0 bridgehead atoms. The summed E-state index contributed by atoms with van der Waals surface area (Å²) in [4.78, 5) is 25.5. The third kappa shape index (κ3) is 7.66. The number of carbonyl (C=O) groups excluding carboxylic acids is 2. The van der Waals surface area contributed by atoms with Crippen molar-refractivity contribution in [3.05, 3.63) is 102 Å². The van der Waals surface area contributed by atoms with E-state index in [9.17, 15) is 26.4 Å². The zero-order chi connectivity index (χ0) is 38.8. The monoisotopic (exact) mass is 890 g/mol. The summed E-state index contributed by atoms with van der Waals surface area (Å²) in [6.45, 7) is 0. The smallest absolute Gasteiger partial charge is 0.216 e. The Hall–Kier alpha value is -1.70. The van der Waals surface area contributed by atoms with Crippen LogP contribution < -0.4 is 9.44 Å². The van der Waals surface area contributed by atoms with Crippen LogP contribution in [0.1, 0.15) is 120 Å². The molecule has 0 amide bonds. The first-order chi connectivity index (χ1) is 25.4. The fraction of sp³-hybridized carbons (Fsp3) is 0.421. The predicted molar refractivity (Wildman–Crippen MR) is 217 cm³/mol. The minimum Gasteiger partial charge on any atom is -0.289 e. The van der Waals surface area contributed by atoms with Crippen LogP contribution in [0.5, 0.6) is 0 Å². The molecule has 2 aromatic carbocycles. The average molecular weight is 894 g/mol. The zero-order valence-corrected chi connectivity index (χ0v) is 35.0. The molecule has 2 unspecified atom stereocenters. The van der Waals surface area contributed by atoms with E-state index in [1.807, 2.05) is 0 Å². The summed E-state index contributed by atoms with van der Waals surface area (Å²) in [7, 11) is -7.67. The van der Waals surface area contributed by atoms with Crippen molar-refractivity contribution in [2.24, 2.45) is 0 Å². The third-order valence-corrected chi connectivity index (χ3v) is 16.9. The lowest BCUT2D eigenvalue weighted by molar-refractivity contribution is 0.0978. The Bertz CT molecular complexity index is 2150. The Balaban J connectivity index is 1.29. The second-order valence-electron chi connectivity index (χ2n) is 14.6. The summed E-state index contributed by atoms with van der Waals surface area (Å²) < 4.78 is 58.6. The number of allylic oxidation sites excluding steroid dienone is 4. The molecule has 7 rings (SSSR count). The van der Waals surface area contributed by atoms with E-state index in [4.69, 9.17) is 69.6 Å². The lowest BCUT2D eigenvalue weighted by Gasteiger charge is -2.34. The molecular formula is C38H36Cl6N2O6S2. The first-order valence-corrected chi connectivity index (χ1v) is 23.1. The molecular weight excluding hydrogens is 857 g/mol. The Morgan fingerprint density at radius 1 is 0.537 bits per heavy atom. The molecule has 8 nitrogen and oxygen atoms in total. The molecule has 2 N–H and O–H groups in total. The molecule has 288 valence electrons. The SMILES string of the molecule is O=C1c2ccccc2C(=O)c2c(C3=C(Cl)CC(Cl)(NS(=O)(=O)C4CCCCC4)C=C3Cl)ccc(C3=C(Cl)CC(Cl)(NS(=O)(=O)C4CCCCC4)C=C3Cl)c21. The molecule has 5 aliphatic carbocycles. The molecule has 2 aromatic rings. The van der Waals surface area contributed by atoms with Crippen molar-refractivity contribution in [1.82, 2.24) is 9.44 Å². The van der Waals surface area contributed by atoms with Gasteiger partial charge in [0.1, 0.15) is 10.00 Å². The van der Waals surface area contributed by atoms with Crippen LogP contribution in [0.4, 0.5) is 0 Å². The summed E-state index contributed by atoms with van der Waals surface area (Å²) in [5.41, 5.74) is 1.16. The predicted octanol–water partition coefficient (Wildman–Crippen LogP) is 9.79. The summed E-state index contributed by atoms with van der Waals surface area (Å²) in [6, 6.07) is 9.54.